The average Bonchev–Trinajstić information content (AvgIpc) is 3.20. The van der Waals surface area contributed by atoms with Gasteiger partial charge < -0.3 is 20.3 Å². The average molecular weight is 522 g/mol. The summed E-state index contributed by atoms with van der Waals surface area (Å²) in [5.74, 6) is 3.16. The molecule has 1 saturated carbocycles. The predicted molar refractivity (Wildman–Crippen MR) is 153 cm³/mol. The number of nitrogens with one attached hydrogen (secondary N) is 2. The molecule has 3 unspecified atom stereocenters. The molecule has 0 aromatic heterocycles. The highest BCUT2D eigenvalue weighted by Crippen LogP contribution is 2.40. The minimum absolute atomic E-state index is 0.0715. The second kappa shape index (κ2) is 12.6. The Morgan fingerprint density at radius 1 is 1.18 bits per heavy atom. The zero-order chi connectivity index (χ0) is 27.3. The first-order valence-corrected chi connectivity index (χ1v) is 14.8. The van der Waals surface area contributed by atoms with Gasteiger partial charge in [-0.3, -0.25) is 9.59 Å². The lowest BCUT2D eigenvalue weighted by Gasteiger charge is -2.46. The zero-order valence-corrected chi connectivity index (χ0v) is 23.9. The number of ether oxygens (including phenoxy) is 1. The number of carbonyl (C=O) groups is 2. The van der Waals surface area contributed by atoms with Crippen molar-refractivity contribution < 1.29 is 14.3 Å². The summed E-state index contributed by atoms with van der Waals surface area (Å²) in [5, 5.41) is 6.49. The van der Waals surface area contributed by atoms with Gasteiger partial charge in [-0.15, -0.1) is 6.42 Å². The van der Waals surface area contributed by atoms with Crippen LogP contribution in [-0.4, -0.2) is 49.7 Å². The molecule has 6 heteroatoms. The number of benzene rings is 1. The number of rotatable bonds is 7. The number of hydrogen-bond donors (Lipinski definition) is 2. The quantitative estimate of drug-likeness (QED) is 0.382. The third-order valence-electron chi connectivity index (χ3n) is 9.49. The van der Waals surface area contributed by atoms with Crippen molar-refractivity contribution in [2.75, 3.05) is 31.2 Å². The molecule has 0 radical (unpaired) electrons. The monoisotopic (exact) mass is 521 g/mol. The van der Waals surface area contributed by atoms with Crippen molar-refractivity contribution in [1.29, 1.82) is 0 Å². The van der Waals surface area contributed by atoms with E-state index in [2.05, 4.69) is 42.2 Å². The smallest absolute Gasteiger partial charge is 0.251 e. The molecule has 3 atom stereocenters. The fourth-order valence-corrected chi connectivity index (χ4v) is 7.21. The van der Waals surface area contributed by atoms with Crippen LogP contribution in [0.5, 0.6) is 0 Å². The van der Waals surface area contributed by atoms with E-state index in [0.717, 1.165) is 50.3 Å². The molecule has 1 aromatic rings. The Balaban J connectivity index is 1.46. The van der Waals surface area contributed by atoms with Crippen molar-refractivity contribution in [3.8, 4) is 12.3 Å². The first kappa shape index (κ1) is 28.5. The summed E-state index contributed by atoms with van der Waals surface area (Å²) in [7, 11) is 0. The van der Waals surface area contributed by atoms with Gasteiger partial charge in [-0.2, -0.15) is 0 Å². The minimum Gasteiger partial charge on any atom is -0.381 e. The lowest BCUT2D eigenvalue weighted by atomic mass is 9.69. The Labute approximate surface area is 229 Å². The second-order valence-electron chi connectivity index (χ2n) is 12.0. The van der Waals surface area contributed by atoms with Crippen LogP contribution in [0.15, 0.2) is 12.1 Å². The molecular formula is C32H47N3O3. The van der Waals surface area contributed by atoms with Crippen LogP contribution in [0.25, 0.3) is 0 Å². The van der Waals surface area contributed by atoms with E-state index in [4.69, 9.17) is 11.2 Å². The first-order chi connectivity index (χ1) is 18.3. The Kier molecular flexibility index (Phi) is 9.41. The van der Waals surface area contributed by atoms with Crippen LogP contribution in [0.2, 0.25) is 0 Å². The Bertz CT molecular complexity index is 1030. The van der Waals surface area contributed by atoms with E-state index in [1.165, 1.54) is 38.5 Å². The van der Waals surface area contributed by atoms with E-state index in [-0.39, 0.29) is 29.2 Å². The summed E-state index contributed by atoms with van der Waals surface area (Å²) >= 11 is 0. The Hall–Kier alpha value is -2.52. The Morgan fingerprint density at radius 2 is 1.87 bits per heavy atom. The molecule has 0 spiro atoms. The molecule has 3 fully saturated rings. The third kappa shape index (κ3) is 6.20. The molecule has 3 aliphatic rings. The molecule has 0 bridgehead atoms. The molecule has 2 aliphatic heterocycles. The fourth-order valence-electron chi connectivity index (χ4n) is 7.21. The molecule has 2 saturated heterocycles. The van der Waals surface area contributed by atoms with Crippen LogP contribution >= 0.6 is 0 Å². The van der Waals surface area contributed by atoms with E-state index in [0.29, 0.717) is 29.6 Å². The van der Waals surface area contributed by atoms with E-state index < -0.39 is 0 Å². The maximum Gasteiger partial charge on any atom is 0.251 e. The highest BCUT2D eigenvalue weighted by Gasteiger charge is 2.44. The third-order valence-corrected chi connectivity index (χ3v) is 9.49. The molecule has 38 heavy (non-hydrogen) atoms. The van der Waals surface area contributed by atoms with Crippen LogP contribution in [0, 0.1) is 37.0 Å². The molecule has 208 valence electrons. The largest absolute Gasteiger partial charge is 0.381 e. The van der Waals surface area contributed by atoms with Crippen molar-refractivity contribution in [2.24, 2.45) is 17.8 Å². The van der Waals surface area contributed by atoms with Crippen LogP contribution < -0.4 is 15.5 Å². The highest BCUT2D eigenvalue weighted by atomic mass is 16.5. The van der Waals surface area contributed by atoms with Gasteiger partial charge in [0.2, 0.25) is 5.91 Å². The van der Waals surface area contributed by atoms with Crippen molar-refractivity contribution in [3.05, 3.63) is 28.8 Å². The first-order valence-electron chi connectivity index (χ1n) is 14.8. The summed E-state index contributed by atoms with van der Waals surface area (Å²) in [6, 6.07) is 4.20. The van der Waals surface area contributed by atoms with E-state index in [1.807, 2.05) is 13.0 Å². The molecule has 2 N–H and O–H groups in total. The van der Waals surface area contributed by atoms with Crippen LogP contribution in [-0.2, 0) is 9.53 Å². The number of piperidine rings is 1. The van der Waals surface area contributed by atoms with Gasteiger partial charge in [-0.25, -0.2) is 0 Å². The van der Waals surface area contributed by atoms with Crippen LogP contribution in [0.4, 0.5) is 5.69 Å². The van der Waals surface area contributed by atoms with Gasteiger partial charge in [0.05, 0.1) is 5.92 Å². The number of nitrogens with zero attached hydrogens (tertiary/aromatic N) is 1. The van der Waals surface area contributed by atoms with Gasteiger partial charge in [-0.05, 0) is 82.4 Å². The van der Waals surface area contributed by atoms with Crippen LogP contribution in [0.3, 0.4) is 0 Å². The lowest BCUT2D eigenvalue weighted by Crippen LogP contribution is -2.60. The molecule has 2 amide bonds. The topological polar surface area (TPSA) is 70.7 Å². The minimum atomic E-state index is -0.234. The standard InChI is InChI=1S/C32H47N3O3/c1-6-24-18-27(23(4)29(19-24)35(7-2)26-14-16-38-17-15-26)30(36)33-21-28-22(3)20-32(5,34-31(28)37)25-12-10-8-9-11-13-25/h1,18-19,22,25-26,28H,7-17,20-21H2,2-5H3,(H,33,36)(H,34,37). The van der Waals surface area contributed by atoms with E-state index >= 15 is 0 Å². The molecule has 6 nitrogen and oxygen atoms in total. The summed E-state index contributed by atoms with van der Waals surface area (Å²) < 4.78 is 5.57. The normalized spacial score (nSPS) is 27.2. The van der Waals surface area contributed by atoms with Crippen molar-refractivity contribution >= 4 is 17.5 Å². The van der Waals surface area contributed by atoms with Gasteiger partial charge >= 0.3 is 0 Å². The summed E-state index contributed by atoms with van der Waals surface area (Å²) in [6.45, 7) is 11.2. The predicted octanol–water partition coefficient (Wildman–Crippen LogP) is 5.21. The second-order valence-corrected chi connectivity index (χ2v) is 12.0. The summed E-state index contributed by atoms with van der Waals surface area (Å²) in [6.07, 6.45) is 16.2. The fraction of sp³-hybridized carbons (Fsp3) is 0.688. The van der Waals surface area contributed by atoms with Gasteiger partial charge in [0.1, 0.15) is 0 Å². The molecule has 1 aromatic carbocycles. The number of carbonyl (C=O) groups excluding carboxylic acids is 2. The molecule has 2 heterocycles. The summed E-state index contributed by atoms with van der Waals surface area (Å²) in [5.41, 5.74) is 3.08. The number of amides is 2. The van der Waals surface area contributed by atoms with Gasteiger partial charge in [0.15, 0.2) is 0 Å². The van der Waals surface area contributed by atoms with E-state index in [9.17, 15) is 9.59 Å². The maximum atomic E-state index is 13.5. The van der Waals surface area contributed by atoms with Crippen molar-refractivity contribution in [3.63, 3.8) is 0 Å². The Morgan fingerprint density at radius 3 is 2.47 bits per heavy atom. The molecule has 1 aliphatic carbocycles. The highest BCUT2D eigenvalue weighted by molar-refractivity contribution is 5.98. The number of hydrogen-bond acceptors (Lipinski definition) is 4. The molecule has 4 rings (SSSR count). The van der Waals surface area contributed by atoms with Gasteiger partial charge in [0.25, 0.3) is 5.91 Å². The maximum absolute atomic E-state index is 13.5. The lowest BCUT2D eigenvalue weighted by molar-refractivity contribution is -0.133. The van der Waals surface area contributed by atoms with Crippen molar-refractivity contribution in [2.45, 2.75) is 97.1 Å². The van der Waals surface area contributed by atoms with Crippen molar-refractivity contribution in [1.82, 2.24) is 10.6 Å². The van der Waals surface area contributed by atoms with E-state index in [1.54, 1.807) is 6.07 Å². The SMILES string of the molecule is C#Cc1cc(C(=O)NCC2C(=O)NC(C)(C3CCCCCC3)CC2C)c(C)c(N(CC)C2CCOCC2)c1. The zero-order valence-electron chi connectivity index (χ0n) is 23.9. The van der Waals surface area contributed by atoms with Gasteiger partial charge in [0, 0.05) is 54.7 Å². The van der Waals surface area contributed by atoms with Crippen LogP contribution in [0.1, 0.15) is 100 Å². The number of terminal acetylenes is 1. The summed E-state index contributed by atoms with van der Waals surface area (Å²) in [4.78, 5) is 29.2. The number of anilines is 1. The molecular weight excluding hydrogens is 474 g/mol. The van der Waals surface area contributed by atoms with Gasteiger partial charge in [-0.1, -0.05) is 38.5 Å².